The van der Waals surface area contributed by atoms with Crippen LogP contribution in [0.1, 0.15) is 43.9 Å². The molecule has 0 spiro atoms. The van der Waals surface area contributed by atoms with E-state index in [4.69, 9.17) is 4.74 Å². The van der Waals surface area contributed by atoms with Crippen molar-refractivity contribution in [2.24, 2.45) is 0 Å². The van der Waals surface area contributed by atoms with E-state index in [-0.39, 0.29) is 29.1 Å². The molecule has 8 nitrogen and oxygen atoms in total. The monoisotopic (exact) mass is 565 g/mol. The Hall–Kier alpha value is -3.85. The van der Waals surface area contributed by atoms with E-state index < -0.39 is 28.5 Å². The number of hydrogen-bond donors (Lipinski definition) is 1. The van der Waals surface area contributed by atoms with Crippen LogP contribution >= 0.6 is 0 Å². The number of aryl methyl sites for hydroxylation is 2. The molecule has 3 aromatic rings. The molecule has 3 rings (SSSR count). The third-order valence-corrected chi connectivity index (χ3v) is 8.31. The van der Waals surface area contributed by atoms with E-state index in [0.717, 1.165) is 21.0 Å². The smallest absolute Gasteiger partial charge is 0.264 e. The number of amides is 2. The lowest BCUT2D eigenvalue weighted by Crippen LogP contribution is -2.53. The van der Waals surface area contributed by atoms with E-state index in [1.165, 1.54) is 24.1 Å². The van der Waals surface area contributed by atoms with Crippen LogP contribution in [0.4, 0.5) is 5.69 Å². The van der Waals surface area contributed by atoms with Crippen molar-refractivity contribution in [1.29, 1.82) is 0 Å². The third kappa shape index (κ3) is 7.41. The SMILES string of the molecule is CC[C@H](C(=O)NC(C)C)N(Cc1ccc(C)cc1)C(=O)CN(c1ccccc1OC)S(=O)(=O)c1ccc(C)cc1. The van der Waals surface area contributed by atoms with Crippen LogP contribution in [0.15, 0.2) is 77.7 Å². The summed E-state index contributed by atoms with van der Waals surface area (Å²) >= 11 is 0. The fourth-order valence-electron chi connectivity index (χ4n) is 4.38. The minimum absolute atomic E-state index is 0.0477. The van der Waals surface area contributed by atoms with Gasteiger partial charge in [0.1, 0.15) is 18.3 Å². The highest BCUT2D eigenvalue weighted by molar-refractivity contribution is 7.92. The van der Waals surface area contributed by atoms with Crippen LogP contribution in [0.25, 0.3) is 0 Å². The third-order valence-electron chi connectivity index (χ3n) is 6.53. The van der Waals surface area contributed by atoms with E-state index >= 15 is 0 Å². The first-order chi connectivity index (χ1) is 19.0. The average Bonchev–Trinajstić information content (AvgIpc) is 2.92. The first kappa shape index (κ1) is 30.7. The van der Waals surface area contributed by atoms with E-state index in [2.05, 4.69) is 5.32 Å². The highest BCUT2D eigenvalue weighted by Crippen LogP contribution is 2.32. The number of methoxy groups -OCH3 is 1. The predicted molar refractivity (Wildman–Crippen MR) is 158 cm³/mol. The average molecular weight is 566 g/mol. The van der Waals surface area contributed by atoms with Gasteiger partial charge in [0.05, 0.1) is 17.7 Å². The van der Waals surface area contributed by atoms with Gasteiger partial charge in [-0.1, -0.05) is 66.6 Å². The highest BCUT2D eigenvalue weighted by atomic mass is 32.2. The molecule has 0 radical (unpaired) electrons. The Labute approximate surface area is 238 Å². The van der Waals surface area contributed by atoms with Gasteiger partial charge in [-0.2, -0.15) is 0 Å². The van der Waals surface area contributed by atoms with Gasteiger partial charge in [-0.15, -0.1) is 0 Å². The molecule has 0 aromatic heterocycles. The summed E-state index contributed by atoms with van der Waals surface area (Å²) in [4.78, 5) is 28.9. The minimum atomic E-state index is -4.18. The summed E-state index contributed by atoms with van der Waals surface area (Å²) < 4.78 is 34.6. The van der Waals surface area contributed by atoms with Gasteiger partial charge in [-0.25, -0.2) is 8.42 Å². The standard InChI is InChI=1S/C31H39N3O5S/c1-7-27(31(36)32-22(2)3)33(20-25-16-12-23(4)13-17-25)30(35)21-34(28-10-8-9-11-29(28)39-6)40(37,38)26-18-14-24(5)15-19-26/h8-19,22,27H,7,20-21H2,1-6H3,(H,32,36)/t27-/m1/s1. The molecule has 0 saturated carbocycles. The lowest BCUT2D eigenvalue weighted by molar-refractivity contribution is -0.140. The van der Waals surface area contributed by atoms with Crippen LogP contribution in [0.3, 0.4) is 0 Å². The van der Waals surface area contributed by atoms with Gasteiger partial charge >= 0.3 is 0 Å². The molecule has 0 aliphatic rings. The van der Waals surface area contributed by atoms with Gasteiger partial charge in [0.2, 0.25) is 11.8 Å². The zero-order valence-electron chi connectivity index (χ0n) is 24.0. The number of sulfonamides is 1. The summed E-state index contributed by atoms with van der Waals surface area (Å²) in [6, 6.07) is 19.9. The maximum atomic E-state index is 14.1. The zero-order valence-corrected chi connectivity index (χ0v) is 24.9. The largest absolute Gasteiger partial charge is 0.495 e. The highest BCUT2D eigenvalue weighted by Gasteiger charge is 2.34. The molecular formula is C31H39N3O5S. The first-order valence-corrected chi connectivity index (χ1v) is 14.8. The molecule has 40 heavy (non-hydrogen) atoms. The number of para-hydroxylation sites is 2. The van der Waals surface area contributed by atoms with Crippen LogP contribution in [0, 0.1) is 13.8 Å². The number of carbonyl (C=O) groups is 2. The molecule has 1 N–H and O–H groups in total. The summed E-state index contributed by atoms with van der Waals surface area (Å²) in [5, 5.41) is 2.90. The number of ether oxygens (including phenoxy) is 1. The van der Waals surface area contributed by atoms with E-state index in [9.17, 15) is 18.0 Å². The number of nitrogens with one attached hydrogen (secondary N) is 1. The number of carbonyl (C=O) groups excluding carboxylic acids is 2. The molecule has 0 aliphatic carbocycles. The van der Waals surface area contributed by atoms with Crippen LogP contribution < -0.4 is 14.4 Å². The molecule has 2 amide bonds. The Kier molecular flexibility index (Phi) is 10.3. The van der Waals surface area contributed by atoms with Crippen molar-refractivity contribution in [2.75, 3.05) is 18.0 Å². The van der Waals surface area contributed by atoms with E-state index in [1.807, 2.05) is 58.9 Å². The van der Waals surface area contributed by atoms with Crippen molar-refractivity contribution in [3.63, 3.8) is 0 Å². The second-order valence-corrected chi connectivity index (χ2v) is 12.0. The van der Waals surface area contributed by atoms with Gasteiger partial charge in [0.25, 0.3) is 10.0 Å². The number of rotatable bonds is 12. The van der Waals surface area contributed by atoms with Gasteiger partial charge in [-0.3, -0.25) is 13.9 Å². The lowest BCUT2D eigenvalue weighted by Gasteiger charge is -2.34. The molecule has 1 atom stereocenters. The van der Waals surface area contributed by atoms with Crippen LogP contribution in [-0.2, 0) is 26.2 Å². The summed E-state index contributed by atoms with van der Waals surface area (Å²) in [7, 11) is -2.73. The molecule has 0 fully saturated rings. The number of nitrogens with zero attached hydrogens (tertiary/aromatic N) is 2. The molecule has 0 heterocycles. The second-order valence-electron chi connectivity index (χ2n) is 10.1. The molecule has 0 bridgehead atoms. The Morgan fingerprint density at radius 1 is 0.900 bits per heavy atom. The summed E-state index contributed by atoms with van der Waals surface area (Å²) in [5.41, 5.74) is 3.04. The molecule has 0 saturated heterocycles. The predicted octanol–water partition coefficient (Wildman–Crippen LogP) is 4.84. The fourth-order valence-corrected chi connectivity index (χ4v) is 5.80. The number of anilines is 1. The van der Waals surface area contributed by atoms with Gasteiger partial charge in [0, 0.05) is 12.6 Å². The Balaban J connectivity index is 2.09. The van der Waals surface area contributed by atoms with Gasteiger partial charge in [-0.05, 0) is 63.9 Å². The van der Waals surface area contributed by atoms with Gasteiger partial charge in [0.15, 0.2) is 0 Å². The Morgan fingerprint density at radius 3 is 2.02 bits per heavy atom. The Morgan fingerprint density at radius 2 is 1.48 bits per heavy atom. The van der Waals surface area contributed by atoms with E-state index in [0.29, 0.717) is 12.2 Å². The fraction of sp³-hybridized carbons (Fsp3) is 0.355. The zero-order chi connectivity index (χ0) is 29.4. The summed E-state index contributed by atoms with van der Waals surface area (Å²) in [6.07, 6.45) is 0.357. The topological polar surface area (TPSA) is 96.0 Å². The molecule has 214 valence electrons. The van der Waals surface area contributed by atoms with Crippen molar-refractivity contribution in [3.05, 3.63) is 89.5 Å². The number of benzene rings is 3. The minimum Gasteiger partial charge on any atom is -0.495 e. The molecular weight excluding hydrogens is 526 g/mol. The normalized spacial score (nSPS) is 12.1. The first-order valence-electron chi connectivity index (χ1n) is 13.4. The van der Waals surface area contributed by atoms with Crippen molar-refractivity contribution in [2.45, 2.75) is 64.6 Å². The maximum absolute atomic E-state index is 14.1. The van der Waals surface area contributed by atoms with Crippen molar-refractivity contribution in [1.82, 2.24) is 10.2 Å². The Bertz CT molecular complexity index is 1400. The van der Waals surface area contributed by atoms with Crippen molar-refractivity contribution < 1.29 is 22.7 Å². The van der Waals surface area contributed by atoms with Crippen LogP contribution in [-0.4, -0.2) is 50.9 Å². The van der Waals surface area contributed by atoms with Crippen molar-refractivity contribution in [3.8, 4) is 5.75 Å². The maximum Gasteiger partial charge on any atom is 0.264 e. The quantitative estimate of drug-likeness (QED) is 0.339. The van der Waals surface area contributed by atoms with Crippen LogP contribution in [0.5, 0.6) is 5.75 Å². The summed E-state index contributed by atoms with van der Waals surface area (Å²) in [6.45, 7) is 9.01. The van der Waals surface area contributed by atoms with Crippen LogP contribution in [0.2, 0.25) is 0 Å². The van der Waals surface area contributed by atoms with E-state index in [1.54, 1.807) is 36.4 Å². The van der Waals surface area contributed by atoms with Crippen molar-refractivity contribution >= 4 is 27.5 Å². The van der Waals surface area contributed by atoms with Gasteiger partial charge < -0.3 is 15.0 Å². The lowest BCUT2D eigenvalue weighted by atomic mass is 10.1. The molecule has 0 unspecified atom stereocenters. The molecule has 9 heteroatoms. The molecule has 0 aliphatic heterocycles. The second kappa shape index (κ2) is 13.5. The molecule has 3 aromatic carbocycles. The summed E-state index contributed by atoms with van der Waals surface area (Å²) in [5.74, 6) is -0.489. The number of hydrogen-bond acceptors (Lipinski definition) is 5.